The van der Waals surface area contributed by atoms with E-state index < -0.39 is 0 Å². The van der Waals surface area contributed by atoms with Crippen LogP contribution in [0, 0.1) is 0 Å². The first kappa shape index (κ1) is 6.15. The van der Waals surface area contributed by atoms with Gasteiger partial charge in [0.1, 0.15) is 0 Å². The maximum atomic E-state index is 3.49. The fourth-order valence-electron chi connectivity index (χ4n) is 0.222. The lowest BCUT2D eigenvalue weighted by Crippen LogP contribution is -1.44. The summed E-state index contributed by atoms with van der Waals surface area (Å²) in [6, 6.07) is 0. The van der Waals surface area contributed by atoms with Crippen molar-refractivity contribution < 1.29 is 0 Å². The number of hydrogen-bond acceptors (Lipinski definition) is 1. The molecule has 0 saturated heterocycles. The van der Waals surface area contributed by atoms with Crippen molar-refractivity contribution in [3.05, 3.63) is 24.4 Å². The van der Waals surface area contributed by atoms with Crippen LogP contribution < -0.4 is 0 Å². The highest BCUT2D eigenvalue weighted by Gasteiger charge is 1.52. The summed E-state index contributed by atoms with van der Waals surface area (Å²) < 4.78 is 0. The average molecular weight is 95.1 g/mol. The van der Waals surface area contributed by atoms with Crippen molar-refractivity contribution in [1.82, 2.24) is 0 Å². The van der Waals surface area contributed by atoms with E-state index in [0.29, 0.717) is 0 Å². The molecule has 0 unspecified atom stereocenters. The van der Waals surface area contributed by atoms with Crippen LogP contribution in [0.15, 0.2) is 29.4 Å². The molecule has 0 aliphatic rings. The van der Waals surface area contributed by atoms with Gasteiger partial charge in [-0.2, -0.15) is 0 Å². The third kappa shape index (κ3) is 5.15. The molecule has 0 aromatic carbocycles. The first-order valence-corrected chi connectivity index (χ1v) is 2.15. The standard InChI is InChI=1S/C6H9N/c1-3-4-5-6-7-2/h3-6H,2H2,1H3/b4-3-,6-5-. The van der Waals surface area contributed by atoms with Gasteiger partial charge >= 0.3 is 0 Å². The second-order valence-corrected chi connectivity index (χ2v) is 1.05. The molecule has 0 saturated carbocycles. The molecule has 1 heteroatoms. The molecule has 1 nitrogen and oxygen atoms in total. The minimum Gasteiger partial charge on any atom is -0.273 e. The first-order valence-electron chi connectivity index (χ1n) is 2.15. The van der Waals surface area contributed by atoms with Crippen molar-refractivity contribution >= 4 is 6.72 Å². The van der Waals surface area contributed by atoms with Gasteiger partial charge in [-0.1, -0.05) is 12.2 Å². The Bertz CT molecular complexity index is 90.4. The first-order chi connectivity index (χ1) is 3.41. The lowest BCUT2D eigenvalue weighted by molar-refractivity contribution is 1.60. The average Bonchev–Trinajstić information content (AvgIpc) is 1.69. The summed E-state index contributed by atoms with van der Waals surface area (Å²) in [4.78, 5) is 3.49. The SMILES string of the molecule is C=N/C=C\C=C/C. The lowest BCUT2D eigenvalue weighted by Gasteiger charge is -1.65. The molecule has 0 aliphatic carbocycles. The molecule has 0 aromatic heterocycles. The Hall–Kier alpha value is -0.850. The molecule has 0 spiro atoms. The molecule has 0 N–H and O–H groups in total. The third-order valence-corrected chi connectivity index (χ3v) is 0.495. The van der Waals surface area contributed by atoms with E-state index in [9.17, 15) is 0 Å². The van der Waals surface area contributed by atoms with E-state index in [4.69, 9.17) is 0 Å². The summed E-state index contributed by atoms with van der Waals surface area (Å²) in [6.45, 7) is 5.21. The minimum atomic E-state index is 1.64. The summed E-state index contributed by atoms with van der Waals surface area (Å²) in [5.74, 6) is 0. The summed E-state index contributed by atoms with van der Waals surface area (Å²) >= 11 is 0. The number of aliphatic imine (C=N–C) groups is 1. The van der Waals surface area contributed by atoms with Crippen LogP contribution in [-0.2, 0) is 0 Å². The summed E-state index contributed by atoms with van der Waals surface area (Å²) in [6.07, 6.45) is 7.30. The Morgan fingerprint density at radius 1 is 1.43 bits per heavy atom. The van der Waals surface area contributed by atoms with Crippen LogP contribution in [0.3, 0.4) is 0 Å². The van der Waals surface area contributed by atoms with E-state index in [0.717, 1.165) is 0 Å². The van der Waals surface area contributed by atoms with Crippen LogP contribution >= 0.6 is 0 Å². The second kappa shape index (κ2) is 5.15. The Balaban J connectivity index is 3.27. The predicted octanol–water partition coefficient (Wildman–Crippen LogP) is 1.78. The molecule has 0 heterocycles. The predicted molar refractivity (Wildman–Crippen MR) is 33.5 cm³/mol. The fraction of sp³-hybridized carbons (Fsp3) is 0.167. The molecule has 0 aliphatic heterocycles. The van der Waals surface area contributed by atoms with E-state index >= 15 is 0 Å². The molecular weight excluding hydrogens is 86.1 g/mol. The van der Waals surface area contributed by atoms with Crippen LogP contribution in [0.5, 0.6) is 0 Å². The van der Waals surface area contributed by atoms with Gasteiger partial charge in [-0.3, -0.25) is 4.99 Å². The number of nitrogens with zero attached hydrogens (tertiary/aromatic N) is 1. The van der Waals surface area contributed by atoms with E-state index in [-0.39, 0.29) is 0 Å². The molecule has 0 aromatic rings. The molecule has 7 heavy (non-hydrogen) atoms. The summed E-state index contributed by atoms with van der Waals surface area (Å²) in [5, 5.41) is 0. The van der Waals surface area contributed by atoms with Gasteiger partial charge < -0.3 is 0 Å². The lowest BCUT2D eigenvalue weighted by atomic mass is 10.5. The third-order valence-electron chi connectivity index (χ3n) is 0.495. The molecule has 0 atom stereocenters. The van der Waals surface area contributed by atoms with Crippen molar-refractivity contribution in [2.24, 2.45) is 4.99 Å². The Kier molecular flexibility index (Phi) is 4.52. The van der Waals surface area contributed by atoms with E-state index in [2.05, 4.69) is 11.7 Å². The normalized spacial score (nSPS) is 11.0. The molecule has 0 rings (SSSR count). The van der Waals surface area contributed by atoms with E-state index in [1.165, 1.54) is 0 Å². The summed E-state index contributed by atoms with van der Waals surface area (Å²) in [7, 11) is 0. The molecule has 0 amide bonds. The fourth-order valence-corrected chi connectivity index (χ4v) is 0.222. The highest BCUT2D eigenvalue weighted by molar-refractivity contribution is 5.26. The zero-order chi connectivity index (χ0) is 5.54. The van der Waals surface area contributed by atoms with Crippen LogP contribution in [-0.4, -0.2) is 6.72 Å². The molecule has 38 valence electrons. The molecule has 0 fully saturated rings. The number of rotatable bonds is 2. The quantitative estimate of drug-likeness (QED) is 0.366. The van der Waals surface area contributed by atoms with Gasteiger partial charge in [0, 0.05) is 6.20 Å². The van der Waals surface area contributed by atoms with Crippen molar-refractivity contribution in [3.63, 3.8) is 0 Å². The van der Waals surface area contributed by atoms with Crippen molar-refractivity contribution in [2.75, 3.05) is 0 Å². The summed E-state index contributed by atoms with van der Waals surface area (Å²) in [5.41, 5.74) is 0. The zero-order valence-electron chi connectivity index (χ0n) is 4.46. The highest BCUT2D eigenvalue weighted by atomic mass is 14.6. The number of hydrogen-bond donors (Lipinski definition) is 0. The second-order valence-electron chi connectivity index (χ2n) is 1.05. The Morgan fingerprint density at radius 3 is 2.57 bits per heavy atom. The zero-order valence-corrected chi connectivity index (χ0v) is 4.46. The Morgan fingerprint density at radius 2 is 2.14 bits per heavy atom. The van der Waals surface area contributed by atoms with Crippen molar-refractivity contribution in [1.29, 1.82) is 0 Å². The van der Waals surface area contributed by atoms with Crippen LogP contribution in [0.4, 0.5) is 0 Å². The van der Waals surface area contributed by atoms with Gasteiger partial charge in [0.15, 0.2) is 0 Å². The highest BCUT2D eigenvalue weighted by Crippen LogP contribution is 1.73. The van der Waals surface area contributed by atoms with E-state index in [1.54, 1.807) is 6.20 Å². The molecule has 0 bridgehead atoms. The van der Waals surface area contributed by atoms with E-state index in [1.807, 2.05) is 25.2 Å². The van der Waals surface area contributed by atoms with Crippen molar-refractivity contribution in [3.8, 4) is 0 Å². The van der Waals surface area contributed by atoms with Crippen LogP contribution in [0.2, 0.25) is 0 Å². The maximum absolute atomic E-state index is 3.49. The monoisotopic (exact) mass is 95.1 g/mol. The number of allylic oxidation sites excluding steroid dienone is 3. The topological polar surface area (TPSA) is 12.4 Å². The minimum absolute atomic E-state index is 1.64. The smallest absolute Gasteiger partial charge is 0.0260 e. The maximum Gasteiger partial charge on any atom is 0.0260 e. The molecule has 0 radical (unpaired) electrons. The molecular formula is C6H9N. The largest absolute Gasteiger partial charge is 0.273 e. The van der Waals surface area contributed by atoms with Gasteiger partial charge in [0.25, 0.3) is 0 Å². The Labute approximate surface area is 44.1 Å². The van der Waals surface area contributed by atoms with Gasteiger partial charge in [-0.15, -0.1) is 0 Å². The van der Waals surface area contributed by atoms with Crippen molar-refractivity contribution in [2.45, 2.75) is 6.92 Å². The van der Waals surface area contributed by atoms with Gasteiger partial charge in [0.2, 0.25) is 0 Å². The van der Waals surface area contributed by atoms with Gasteiger partial charge in [-0.25, -0.2) is 0 Å². The van der Waals surface area contributed by atoms with Gasteiger partial charge in [0.05, 0.1) is 0 Å². The van der Waals surface area contributed by atoms with Crippen LogP contribution in [0.1, 0.15) is 6.92 Å². The van der Waals surface area contributed by atoms with Crippen LogP contribution in [0.25, 0.3) is 0 Å². The van der Waals surface area contributed by atoms with Gasteiger partial charge in [-0.05, 0) is 19.7 Å².